The van der Waals surface area contributed by atoms with Gasteiger partial charge >= 0.3 is 5.97 Å². The van der Waals surface area contributed by atoms with E-state index in [0.29, 0.717) is 18.5 Å². The van der Waals surface area contributed by atoms with Crippen LogP contribution in [0, 0.1) is 0 Å². The summed E-state index contributed by atoms with van der Waals surface area (Å²) < 4.78 is 0. The fourth-order valence-corrected chi connectivity index (χ4v) is 2.16. The lowest BCUT2D eigenvalue weighted by atomic mass is 9.93. The number of hydrogen-bond donors (Lipinski definition) is 3. The van der Waals surface area contributed by atoms with E-state index in [4.69, 9.17) is 0 Å². The molecule has 0 aliphatic carbocycles. The summed E-state index contributed by atoms with van der Waals surface area (Å²) in [7, 11) is 0. The smallest absolute Gasteiger partial charge is 0.323 e. The van der Waals surface area contributed by atoms with Crippen LogP contribution in [-0.2, 0) is 16.0 Å². The first kappa shape index (κ1) is 17.2. The molecule has 1 rings (SSSR count). The molecule has 0 unspecified atom stereocenters. The van der Waals surface area contributed by atoms with Crippen molar-refractivity contribution in [2.75, 3.05) is 11.9 Å². The Morgan fingerprint density at radius 1 is 1.10 bits per heavy atom. The van der Waals surface area contributed by atoms with Crippen LogP contribution in [0.2, 0.25) is 0 Å². The number of carboxylic acid groups (broad SMARTS) is 1. The quantitative estimate of drug-likeness (QED) is 0.687. The van der Waals surface area contributed by atoms with Gasteiger partial charge in [-0.1, -0.05) is 32.9 Å². The molecule has 21 heavy (non-hydrogen) atoms. The van der Waals surface area contributed by atoms with E-state index in [2.05, 4.69) is 17.6 Å². The van der Waals surface area contributed by atoms with Gasteiger partial charge in [0.1, 0.15) is 5.54 Å². The van der Waals surface area contributed by atoms with Gasteiger partial charge in [0.25, 0.3) is 0 Å². The number of aryl methyl sites for hydroxylation is 1. The highest BCUT2D eigenvalue weighted by atomic mass is 16.4. The van der Waals surface area contributed by atoms with Gasteiger partial charge in [-0.05, 0) is 37.0 Å². The molecule has 0 saturated carbocycles. The standard InChI is InChI=1S/C16H24N2O3/c1-4-12-7-9-13(10-8-12)18-14(19)11-17-16(5-2,6-3)15(20)21/h7-10,17H,4-6,11H2,1-3H3,(H,18,19)(H,20,21). The Labute approximate surface area is 125 Å². The van der Waals surface area contributed by atoms with Gasteiger partial charge < -0.3 is 10.4 Å². The fourth-order valence-electron chi connectivity index (χ4n) is 2.16. The molecule has 0 aliphatic rings. The average Bonchev–Trinajstić information content (AvgIpc) is 2.49. The highest BCUT2D eigenvalue weighted by molar-refractivity contribution is 5.92. The Kier molecular flexibility index (Phi) is 6.37. The lowest BCUT2D eigenvalue weighted by molar-refractivity contribution is -0.145. The second-order valence-corrected chi connectivity index (χ2v) is 5.05. The van der Waals surface area contributed by atoms with Gasteiger partial charge in [-0.2, -0.15) is 0 Å². The molecular formula is C16H24N2O3. The van der Waals surface area contributed by atoms with Crippen molar-refractivity contribution in [2.24, 2.45) is 0 Å². The maximum absolute atomic E-state index is 11.9. The Balaban J connectivity index is 2.58. The van der Waals surface area contributed by atoms with Crippen molar-refractivity contribution in [2.45, 2.75) is 45.6 Å². The van der Waals surface area contributed by atoms with Gasteiger partial charge in [0.15, 0.2) is 0 Å². The molecule has 0 saturated heterocycles. The second-order valence-electron chi connectivity index (χ2n) is 5.05. The van der Waals surface area contributed by atoms with Crippen molar-refractivity contribution in [1.29, 1.82) is 0 Å². The molecule has 5 heteroatoms. The molecule has 1 aromatic rings. The average molecular weight is 292 g/mol. The molecule has 0 radical (unpaired) electrons. The molecular weight excluding hydrogens is 268 g/mol. The van der Waals surface area contributed by atoms with Gasteiger partial charge in [0.2, 0.25) is 5.91 Å². The maximum Gasteiger partial charge on any atom is 0.323 e. The Bertz CT molecular complexity index is 479. The molecule has 1 aromatic carbocycles. The van der Waals surface area contributed by atoms with Crippen LogP contribution in [0.25, 0.3) is 0 Å². The van der Waals surface area contributed by atoms with Crippen molar-refractivity contribution in [1.82, 2.24) is 5.32 Å². The number of benzene rings is 1. The Morgan fingerprint density at radius 3 is 2.10 bits per heavy atom. The largest absolute Gasteiger partial charge is 0.480 e. The van der Waals surface area contributed by atoms with E-state index in [1.54, 1.807) is 13.8 Å². The SMILES string of the molecule is CCc1ccc(NC(=O)CNC(CC)(CC)C(=O)O)cc1. The number of hydrogen-bond acceptors (Lipinski definition) is 3. The first-order valence-electron chi connectivity index (χ1n) is 7.34. The molecule has 0 aliphatic heterocycles. The van der Waals surface area contributed by atoms with Gasteiger partial charge in [-0.3, -0.25) is 14.9 Å². The Morgan fingerprint density at radius 2 is 1.67 bits per heavy atom. The van der Waals surface area contributed by atoms with E-state index in [-0.39, 0.29) is 12.5 Å². The molecule has 0 heterocycles. The molecule has 1 amide bonds. The lowest BCUT2D eigenvalue weighted by Gasteiger charge is -2.27. The molecule has 0 aromatic heterocycles. The summed E-state index contributed by atoms with van der Waals surface area (Å²) in [5.74, 6) is -1.17. The molecule has 0 spiro atoms. The summed E-state index contributed by atoms with van der Waals surface area (Å²) in [4.78, 5) is 23.2. The van der Waals surface area contributed by atoms with Crippen LogP contribution in [0.1, 0.15) is 39.2 Å². The highest BCUT2D eigenvalue weighted by Gasteiger charge is 2.34. The van der Waals surface area contributed by atoms with Gasteiger partial charge in [0.05, 0.1) is 6.54 Å². The number of anilines is 1. The predicted octanol–water partition coefficient (Wildman–Crippen LogP) is 2.42. The number of aliphatic carboxylic acids is 1. The predicted molar refractivity (Wildman–Crippen MR) is 83.4 cm³/mol. The Hall–Kier alpha value is -1.88. The second kappa shape index (κ2) is 7.78. The summed E-state index contributed by atoms with van der Waals surface area (Å²) in [6, 6.07) is 7.62. The molecule has 0 fully saturated rings. The van der Waals surface area contributed by atoms with E-state index < -0.39 is 11.5 Å². The van der Waals surface area contributed by atoms with Gasteiger partial charge in [0, 0.05) is 5.69 Å². The van der Waals surface area contributed by atoms with Crippen LogP contribution in [0.4, 0.5) is 5.69 Å². The summed E-state index contributed by atoms with van der Waals surface area (Å²) in [5.41, 5.74) is 0.879. The van der Waals surface area contributed by atoms with Crippen LogP contribution in [-0.4, -0.2) is 29.1 Å². The van der Waals surface area contributed by atoms with Gasteiger partial charge in [-0.25, -0.2) is 0 Å². The molecule has 5 nitrogen and oxygen atoms in total. The minimum Gasteiger partial charge on any atom is -0.480 e. The first-order valence-corrected chi connectivity index (χ1v) is 7.34. The van der Waals surface area contributed by atoms with Crippen molar-refractivity contribution in [3.63, 3.8) is 0 Å². The third kappa shape index (κ3) is 4.56. The van der Waals surface area contributed by atoms with Crippen LogP contribution < -0.4 is 10.6 Å². The van der Waals surface area contributed by atoms with E-state index in [0.717, 1.165) is 6.42 Å². The molecule has 3 N–H and O–H groups in total. The zero-order valence-corrected chi connectivity index (χ0v) is 12.9. The topological polar surface area (TPSA) is 78.4 Å². The van der Waals surface area contributed by atoms with Gasteiger partial charge in [-0.15, -0.1) is 0 Å². The summed E-state index contributed by atoms with van der Waals surface area (Å²) in [6.45, 7) is 5.64. The maximum atomic E-state index is 11.9. The number of amides is 1. The van der Waals surface area contributed by atoms with Crippen molar-refractivity contribution < 1.29 is 14.7 Å². The molecule has 116 valence electrons. The van der Waals surface area contributed by atoms with Crippen LogP contribution >= 0.6 is 0 Å². The van der Waals surface area contributed by atoms with Crippen molar-refractivity contribution >= 4 is 17.6 Å². The summed E-state index contributed by atoms with van der Waals surface area (Å²) in [5, 5.41) is 14.9. The van der Waals surface area contributed by atoms with Crippen molar-refractivity contribution in [3.05, 3.63) is 29.8 Å². The minimum atomic E-state index is -1.04. The number of rotatable bonds is 8. The minimum absolute atomic E-state index is 0.0243. The van der Waals surface area contributed by atoms with E-state index in [1.165, 1.54) is 5.56 Å². The lowest BCUT2D eigenvalue weighted by Crippen LogP contribution is -2.53. The monoisotopic (exact) mass is 292 g/mol. The normalized spacial score (nSPS) is 11.2. The third-order valence-electron chi connectivity index (χ3n) is 3.85. The first-order chi connectivity index (χ1) is 9.97. The zero-order chi connectivity index (χ0) is 15.9. The molecule has 0 bridgehead atoms. The number of nitrogens with one attached hydrogen (secondary N) is 2. The fraction of sp³-hybridized carbons (Fsp3) is 0.500. The summed E-state index contributed by atoms with van der Waals surface area (Å²) >= 11 is 0. The number of carbonyl (C=O) groups excluding carboxylic acids is 1. The zero-order valence-electron chi connectivity index (χ0n) is 12.9. The van der Waals surface area contributed by atoms with E-state index in [1.807, 2.05) is 24.3 Å². The van der Waals surface area contributed by atoms with E-state index in [9.17, 15) is 14.7 Å². The molecule has 0 atom stereocenters. The van der Waals surface area contributed by atoms with Crippen LogP contribution in [0.5, 0.6) is 0 Å². The number of carbonyl (C=O) groups is 2. The van der Waals surface area contributed by atoms with Crippen LogP contribution in [0.3, 0.4) is 0 Å². The number of carboxylic acids is 1. The summed E-state index contributed by atoms with van der Waals surface area (Å²) in [6.07, 6.45) is 1.80. The third-order valence-corrected chi connectivity index (χ3v) is 3.85. The highest BCUT2D eigenvalue weighted by Crippen LogP contribution is 2.15. The van der Waals surface area contributed by atoms with Crippen LogP contribution in [0.15, 0.2) is 24.3 Å². The van der Waals surface area contributed by atoms with Crippen molar-refractivity contribution in [3.8, 4) is 0 Å². The van der Waals surface area contributed by atoms with E-state index >= 15 is 0 Å².